The summed E-state index contributed by atoms with van der Waals surface area (Å²) in [5, 5.41) is 11.9. The summed E-state index contributed by atoms with van der Waals surface area (Å²) in [6, 6.07) is 7.85. The number of carbonyl (C=O) groups is 2. The fourth-order valence-electron chi connectivity index (χ4n) is 4.31. The first-order valence-electron chi connectivity index (χ1n) is 11.4. The summed E-state index contributed by atoms with van der Waals surface area (Å²) >= 11 is 0. The van der Waals surface area contributed by atoms with Crippen molar-refractivity contribution in [3.05, 3.63) is 48.3 Å². The molecule has 0 bridgehead atoms. The molecular weight excluding hydrogens is 467 g/mol. The molecule has 0 aliphatic carbocycles. The van der Waals surface area contributed by atoms with Crippen LogP contribution in [-0.2, 0) is 16.0 Å². The second-order valence-electron chi connectivity index (χ2n) is 8.59. The number of pyridine rings is 1. The summed E-state index contributed by atoms with van der Waals surface area (Å²) in [4.78, 5) is 30.6. The average molecular weight is 493 g/mol. The number of piperidine rings is 1. The number of fused-ring (bicyclic) bond motifs is 1. The third kappa shape index (κ3) is 6.11. The van der Waals surface area contributed by atoms with Crippen LogP contribution in [-0.4, -0.2) is 68.8 Å². The predicted molar refractivity (Wildman–Crippen MR) is 119 cm³/mol. The Labute approximate surface area is 199 Å². The molecule has 35 heavy (non-hydrogen) atoms. The van der Waals surface area contributed by atoms with Crippen molar-refractivity contribution < 1.29 is 32.3 Å². The van der Waals surface area contributed by atoms with Crippen LogP contribution in [0.25, 0.3) is 5.65 Å². The molecule has 12 heteroatoms. The molecule has 0 radical (unpaired) electrons. The molecule has 2 aliphatic heterocycles. The van der Waals surface area contributed by atoms with Crippen LogP contribution in [0.3, 0.4) is 0 Å². The molecule has 0 aromatic carbocycles. The van der Waals surface area contributed by atoms with Gasteiger partial charge in [0.05, 0.1) is 24.6 Å². The van der Waals surface area contributed by atoms with E-state index >= 15 is 0 Å². The maximum absolute atomic E-state index is 12.6. The molecule has 1 amide bonds. The average Bonchev–Trinajstić information content (AvgIpc) is 3.60. The molecule has 1 atom stereocenters. The van der Waals surface area contributed by atoms with Gasteiger partial charge in [-0.3, -0.25) is 4.79 Å². The maximum atomic E-state index is 12.6. The number of carbonyl (C=O) groups excluding carboxylic acids is 1. The molecule has 5 rings (SSSR count). The van der Waals surface area contributed by atoms with E-state index in [0.717, 1.165) is 43.9 Å². The number of likely N-dealkylation sites (tertiary alicyclic amines) is 1. The van der Waals surface area contributed by atoms with Gasteiger partial charge < -0.3 is 19.3 Å². The van der Waals surface area contributed by atoms with Gasteiger partial charge in [-0.25, -0.2) is 14.3 Å². The van der Waals surface area contributed by atoms with Crippen molar-refractivity contribution in [3.63, 3.8) is 0 Å². The van der Waals surface area contributed by atoms with E-state index in [1.807, 2.05) is 27.6 Å². The van der Waals surface area contributed by atoms with Gasteiger partial charge in [-0.15, -0.1) is 0 Å². The van der Waals surface area contributed by atoms with Gasteiger partial charge in [0.25, 0.3) is 0 Å². The minimum Gasteiger partial charge on any atom is -0.475 e. The molecule has 2 aliphatic rings. The normalized spacial score (nSPS) is 18.4. The summed E-state index contributed by atoms with van der Waals surface area (Å²) in [5.41, 5.74) is 2.08. The first-order chi connectivity index (χ1) is 16.7. The van der Waals surface area contributed by atoms with Gasteiger partial charge in [-0.2, -0.15) is 18.3 Å². The van der Waals surface area contributed by atoms with Crippen LogP contribution in [0.5, 0.6) is 0 Å². The Morgan fingerprint density at radius 3 is 2.51 bits per heavy atom. The number of carboxylic acid groups (broad SMARTS) is 1. The molecule has 188 valence electrons. The Balaban J connectivity index is 0.000000364. The van der Waals surface area contributed by atoms with E-state index in [4.69, 9.17) is 24.4 Å². The Kier molecular flexibility index (Phi) is 7.27. The molecular formula is C23H26F3N5O4. The smallest absolute Gasteiger partial charge is 0.475 e. The highest BCUT2D eigenvalue weighted by Gasteiger charge is 2.38. The minimum atomic E-state index is -5.08. The van der Waals surface area contributed by atoms with E-state index in [1.165, 1.54) is 18.5 Å². The van der Waals surface area contributed by atoms with Crippen molar-refractivity contribution >= 4 is 23.2 Å². The lowest BCUT2D eigenvalue weighted by Crippen LogP contribution is -2.40. The van der Waals surface area contributed by atoms with Crippen molar-refractivity contribution in [2.24, 2.45) is 0 Å². The Bertz CT molecular complexity index is 1160. The second-order valence-corrected chi connectivity index (χ2v) is 8.59. The van der Waals surface area contributed by atoms with E-state index < -0.39 is 12.1 Å². The van der Waals surface area contributed by atoms with Crippen molar-refractivity contribution in [2.75, 3.05) is 31.1 Å². The van der Waals surface area contributed by atoms with Gasteiger partial charge in [0, 0.05) is 32.1 Å². The maximum Gasteiger partial charge on any atom is 0.490 e. The summed E-state index contributed by atoms with van der Waals surface area (Å²) in [6.45, 7) is 3.70. The molecule has 5 heterocycles. The number of halogens is 3. The molecule has 1 N–H and O–H groups in total. The van der Waals surface area contributed by atoms with Gasteiger partial charge in [0.2, 0.25) is 5.91 Å². The number of carboxylic acids is 1. The molecule has 9 nitrogen and oxygen atoms in total. The van der Waals surface area contributed by atoms with Crippen LogP contribution in [0.2, 0.25) is 0 Å². The highest BCUT2D eigenvalue weighted by molar-refractivity contribution is 5.78. The van der Waals surface area contributed by atoms with Crippen LogP contribution in [0, 0.1) is 0 Å². The lowest BCUT2D eigenvalue weighted by molar-refractivity contribution is -0.192. The predicted octanol–water partition coefficient (Wildman–Crippen LogP) is 3.50. The lowest BCUT2D eigenvalue weighted by atomic mass is 9.97. The number of rotatable bonds is 4. The molecule has 1 unspecified atom stereocenters. The number of hydrogen-bond acceptors (Lipinski definition) is 6. The van der Waals surface area contributed by atoms with Gasteiger partial charge in [-0.05, 0) is 49.9 Å². The monoisotopic (exact) mass is 493 g/mol. The van der Waals surface area contributed by atoms with E-state index in [0.29, 0.717) is 18.7 Å². The number of aromatic nitrogens is 3. The van der Waals surface area contributed by atoms with Gasteiger partial charge >= 0.3 is 12.1 Å². The van der Waals surface area contributed by atoms with Gasteiger partial charge in [0.1, 0.15) is 5.76 Å². The topological polar surface area (TPSA) is 104 Å². The first kappa shape index (κ1) is 24.6. The number of aliphatic carboxylic acids is 1. The number of hydrogen-bond donors (Lipinski definition) is 1. The van der Waals surface area contributed by atoms with E-state index in [2.05, 4.69) is 17.2 Å². The number of nitrogens with zero attached hydrogens (tertiary/aromatic N) is 5. The fraction of sp³-hybridized carbons (Fsp3) is 0.478. The van der Waals surface area contributed by atoms with Gasteiger partial charge in [-0.1, -0.05) is 0 Å². The summed E-state index contributed by atoms with van der Waals surface area (Å²) in [7, 11) is 0. The first-order valence-corrected chi connectivity index (χ1v) is 11.4. The fourth-order valence-corrected chi connectivity index (χ4v) is 4.31. The van der Waals surface area contributed by atoms with Crippen LogP contribution in [0.4, 0.5) is 18.9 Å². The van der Waals surface area contributed by atoms with Crippen molar-refractivity contribution in [1.82, 2.24) is 19.5 Å². The van der Waals surface area contributed by atoms with E-state index in [-0.39, 0.29) is 11.8 Å². The SMILES string of the molecule is O=C(Cc1ccco1)N1CCCC(c2nc3ccc(N4CCCC4)cn3n2)C1.O=C(O)C(F)(F)F. The Morgan fingerprint density at radius 1 is 1.11 bits per heavy atom. The standard InChI is InChI=1S/C21H25N5O2.C2HF3O2/c27-20(13-18-6-4-12-28-18)25-11-3-5-16(14-25)21-22-19-8-7-17(15-26(19)23-21)24-9-1-2-10-24;3-2(4,5)1(6)7/h4,6-8,12,15-16H,1-3,5,9-11,13-14H2;(H,6,7). The van der Waals surface area contributed by atoms with E-state index in [1.54, 1.807) is 6.26 Å². The number of furan rings is 1. The summed E-state index contributed by atoms with van der Waals surface area (Å²) in [6.07, 6.45) is 3.43. The lowest BCUT2D eigenvalue weighted by Gasteiger charge is -2.31. The zero-order valence-electron chi connectivity index (χ0n) is 18.9. The summed E-state index contributed by atoms with van der Waals surface area (Å²) < 4.78 is 39.0. The van der Waals surface area contributed by atoms with Gasteiger partial charge in [0.15, 0.2) is 11.5 Å². The third-order valence-electron chi connectivity index (χ3n) is 6.09. The molecule has 2 saturated heterocycles. The van der Waals surface area contributed by atoms with Crippen LogP contribution >= 0.6 is 0 Å². The number of alkyl halides is 3. The number of anilines is 1. The van der Waals surface area contributed by atoms with Crippen molar-refractivity contribution in [1.29, 1.82) is 0 Å². The molecule has 3 aromatic heterocycles. The Hall–Kier alpha value is -3.57. The zero-order valence-corrected chi connectivity index (χ0v) is 18.9. The van der Waals surface area contributed by atoms with Crippen LogP contribution in [0.15, 0.2) is 41.1 Å². The molecule has 2 fully saturated rings. The molecule has 0 spiro atoms. The quantitative estimate of drug-likeness (QED) is 0.593. The van der Waals surface area contributed by atoms with Crippen molar-refractivity contribution in [3.8, 4) is 0 Å². The Morgan fingerprint density at radius 2 is 1.86 bits per heavy atom. The third-order valence-corrected chi connectivity index (χ3v) is 6.09. The summed E-state index contributed by atoms with van der Waals surface area (Å²) in [5.74, 6) is -0.904. The molecule has 0 saturated carbocycles. The second kappa shape index (κ2) is 10.4. The highest BCUT2D eigenvalue weighted by Crippen LogP contribution is 2.27. The zero-order chi connectivity index (χ0) is 25.0. The van der Waals surface area contributed by atoms with Crippen LogP contribution in [0.1, 0.15) is 43.2 Å². The minimum absolute atomic E-state index is 0.111. The van der Waals surface area contributed by atoms with Crippen molar-refractivity contribution in [2.45, 2.75) is 44.2 Å². The molecule has 3 aromatic rings. The largest absolute Gasteiger partial charge is 0.490 e. The highest BCUT2D eigenvalue weighted by atomic mass is 19.4. The van der Waals surface area contributed by atoms with E-state index in [9.17, 15) is 18.0 Å². The number of amides is 1. The van der Waals surface area contributed by atoms with Crippen LogP contribution < -0.4 is 4.90 Å².